The van der Waals surface area contributed by atoms with Crippen LogP contribution in [-0.4, -0.2) is 16.8 Å². The van der Waals surface area contributed by atoms with Crippen LogP contribution in [0.5, 0.6) is 0 Å². The minimum atomic E-state index is 0.00844. The summed E-state index contributed by atoms with van der Waals surface area (Å²) < 4.78 is 0. The fourth-order valence-electron chi connectivity index (χ4n) is 4.25. The van der Waals surface area contributed by atoms with Crippen LogP contribution in [0.2, 0.25) is 0 Å². The van der Waals surface area contributed by atoms with Crippen LogP contribution in [0, 0.1) is 11.8 Å². The summed E-state index contributed by atoms with van der Waals surface area (Å²) in [6.07, 6.45) is 13.3. The molecule has 0 aliphatic heterocycles. The van der Waals surface area contributed by atoms with E-state index in [-0.39, 0.29) is 11.8 Å². The van der Waals surface area contributed by atoms with Crippen molar-refractivity contribution in [2.24, 2.45) is 11.8 Å². The van der Waals surface area contributed by atoms with Crippen LogP contribution in [0.1, 0.15) is 77.0 Å². The van der Waals surface area contributed by atoms with Crippen molar-refractivity contribution in [2.45, 2.75) is 77.0 Å². The van der Waals surface area contributed by atoms with Crippen LogP contribution in [0.4, 0.5) is 11.6 Å². The molecule has 26 heavy (non-hydrogen) atoms. The van der Waals surface area contributed by atoms with Crippen molar-refractivity contribution in [1.82, 2.24) is 4.98 Å². The van der Waals surface area contributed by atoms with E-state index in [0.29, 0.717) is 36.3 Å². The normalized spacial score (nSPS) is 18.2. The molecule has 5 heteroatoms. The van der Waals surface area contributed by atoms with Gasteiger partial charge in [0.25, 0.3) is 0 Å². The number of nitrogens with one attached hydrogen (secondary N) is 2. The van der Waals surface area contributed by atoms with Crippen LogP contribution in [0.25, 0.3) is 0 Å². The van der Waals surface area contributed by atoms with Gasteiger partial charge in [-0.3, -0.25) is 9.59 Å². The van der Waals surface area contributed by atoms with Crippen molar-refractivity contribution >= 4 is 23.5 Å². The Kier molecular flexibility index (Phi) is 7.04. The molecular formula is C21H31N3O2. The van der Waals surface area contributed by atoms with E-state index < -0.39 is 0 Å². The SMILES string of the molecule is O=C(CCC1CCCC1)Nc1cccc(NC(=O)CCC2CCCC2)n1. The Morgan fingerprint density at radius 2 is 1.23 bits per heavy atom. The lowest BCUT2D eigenvalue weighted by Gasteiger charge is -2.11. The summed E-state index contributed by atoms with van der Waals surface area (Å²) in [4.78, 5) is 28.6. The Morgan fingerprint density at radius 3 is 1.65 bits per heavy atom. The summed E-state index contributed by atoms with van der Waals surface area (Å²) in [5.41, 5.74) is 0. The number of carbonyl (C=O) groups excluding carboxylic acids is 2. The van der Waals surface area contributed by atoms with Crippen molar-refractivity contribution in [3.8, 4) is 0 Å². The van der Waals surface area contributed by atoms with Gasteiger partial charge in [-0.05, 0) is 36.8 Å². The Morgan fingerprint density at radius 1 is 0.808 bits per heavy atom. The van der Waals surface area contributed by atoms with Crippen LogP contribution in [0.3, 0.4) is 0 Å². The van der Waals surface area contributed by atoms with Gasteiger partial charge >= 0.3 is 0 Å². The van der Waals surface area contributed by atoms with Gasteiger partial charge in [-0.1, -0.05) is 57.4 Å². The molecule has 2 amide bonds. The Balaban J connectivity index is 1.41. The van der Waals surface area contributed by atoms with Crippen molar-refractivity contribution < 1.29 is 9.59 Å². The highest BCUT2D eigenvalue weighted by Gasteiger charge is 2.17. The van der Waals surface area contributed by atoms with E-state index in [9.17, 15) is 9.59 Å². The largest absolute Gasteiger partial charge is 0.311 e. The van der Waals surface area contributed by atoms with Gasteiger partial charge in [0.05, 0.1) is 0 Å². The number of hydrogen-bond donors (Lipinski definition) is 2. The van der Waals surface area contributed by atoms with E-state index in [1.54, 1.807) is 12.1 Å². The predicted octanol–water partition coefficient (Wildman–Crippen LogP) is 4.90. The molecular weight excluding hydrogens is 326 g/mol. The van der Waals surface area contributed by atoms with Gasteiger partial charge in [-0.25, -0.2) is 4.98 Å². The highest BCUT2D eigenvalue weighted by atomic mass is 16.2. The lowest BCUT2D eigenvalue weighted by molar-refractivity contribution is -0.117. The van der Waals surface area contributed by atoms with Gasteiger partial charge in [-0.15, -0.1) is 0 Å². The summed E-state index contributed by atoms with van der Waals surface area (Å²) in [5, 5.41) is 5.71. The van der Waals surface area contributed by atoms with Gasteiger partial charge in [0.2, 0.25) is 11.8 Å². The first-order chi connectivity index (χ1) is 12.7. The number of hydrogen-bond acceptors (Lipinski definition) is 3. The monoisotopic (exact) mass is 357 g/mol. The second-order valence-corrected chi connectivity index (χ2v) is 7.88. The van der Waals surface area contributed by atoms with Crippen molar-refractivity contribution in [3.05, 3.63) is 18.2 Å². The molecule has 1 aromatic heterocycles. The molecule has 0 bridgehead atoms. The summed E-state index contributed by atoms with van der Waals surface area (Å²) in [6, 6.07) is 5.34. The number of nitrogens with zero attached hydrogens (tertiary/aromatic N) is 1. The molecule has 0 radical (unpaired) electrons. The molecule has 5 nitrogen and oxygen atoms in total. The van der Waals surface area contributed by atoms with Gasteiger partial charge in [0.1, 0.15) is 11.6 Å². The van der Waals surface area contributed by atoms with Gasteiger partial charge < -0.3 is 10.6 Å². The zero-order valence-corrected chi connectivity index (χ0v) is 15.6. The topological polar surface area (TPSA) is 71.1 Å². The standard InChI is InChI=1S/C21H31N3O2/c25-20(14-12-16-6-1-2-7-16)23-18-10-5-11-19(22-18)24-21(26)15-13-17-8-3-4-9-17/h5,10-11,16-17H,1-4,6-9,12-15H2,(H2,22,23,24,25,26). The van der Waals surface area contributed by atoms with Crippen molar-refractivity contribution in [1.29, 1.82) is 0 Å². The lowest BCUT2D eigenvalue weighted by Crippen LogP contribution is -2.16. The number of rotatable bonds is 8. The molecule has 0 unspecified atom stereocenters. The second-order valence-electron chi connectivity index (χ2n) is 7.88. The number of pyridine rings is 1. The van der Waals surface area contributed by atoms with Crippen LogP contribution >= 0.6 is 0 Å². The van der Waals surface area contributed by atoms with Crippen LogP contribution in [0.15, 0.2) is 18.2 Å². The summed E-state index contributed by atoms with van der Waals surface area (Å²) in [7, 11) is 0. The molecule has 0 saturated heterocycles. The van der Waals surface area contributed by atoms with Crippen molar-refractivity contribution in [3.63, 3.8) is 0 Å². The molecule has 1 heterocycles. The Hall–Kier alpha value is -1.91. The maximum atomic E-state index is 12.1. The van der Waals surface area contributed by atoms with Gasteiger partial charge in [0.15, 0.2) is 0 Å². The average molecular weight is 357 g/mol. The number of anilines is 2. The second kappa shape index (κ2) is 9.70. The number of amides is 2. The molecule has 2 fully saturated rings. The average Bonchev–Trinajstić information content (AvgIpc) is 3.32. The molecule has 0 atom stereocenters. The molecule has 2 aliphatic carbocycles. The molecule has 0 spiro atoms. The quantitative estimate of drug-likeness (QED) is 0.695. The molecule has 2 saturated carbocycles. The van der Waals surface area contributed by atoms with E-state index in [2.05, 4.69) is 15.6 Å². The van der Waals surface area contributed by atoms with E-state index in [0.717, 1.165) is 12.8 Å². The Labute approximate surface area is 156 Å². The van der Waals surface area contributed by atoms with Gasteiger partial charge in [0, 0.05) is 12.8 Å². The van der Waals surface area contributed by atoms with Crippen LogP contribution < -0.4 is 10.6 Å². The lowest BCUT2D eigenvalue weighted by atomic mass is 10.0. The molecule has 1 aromatic rings. The van der Waals surface area contributed by atoms with Gasteiger partial charge in [-0.2, -0.15) is 0 Å². The maximum Gasteiger partial charge on any atom is 0.225 e. The third kappa shape index (κ3) is 6.11. The third-order valence-electron chi connectivity index (χ3n) is 5.79. The predicted molar refractivity (Wildman–Crippen MR) is 104 cm³/mol. The minimum absolute atomic E-state index is 0.00844. The first-order valence-corrected chi connectivity index (χ1v) is 10.3. The fraction of sp³-hybridized carbons (Fsp3) is 0.667. The summed E-state index contributed by atoms with van der Waals surface area (Å²) in [5.74, 6) is 2.45. The molecule has 2 aliphatic rings. The highest BCUT2D eigenvalue weighted by Crippen LogP contribution is 2.29. The third-order valence-corrected chi connectivity index (χ3v) is 5.79. The molecule has 142 valence electrons. The van der Waals surface area contributed by atoms with E-state index in [1.807, 2.05) is 6.07 Å². The first-order valence-electron chi connectivity index (χ1n) is 10.3. The zero-order valence-electron chi connectivity index (χ0n) is 15.6. The maximum absolute atomic E-state index is 12.1. The first kappa shape index (κ1) is 18.9. The highest BCUT2D eigenvalue weighted by molar-refractivity contribution is 5.91. The zero-order chi connectivity index (χ0) is 18.2. The van der Waals surface area contributed by atoms with E-state index in [1.165, 1.54) is 51.4 Å². The minimum Gasteiger partial charge on any atom is -0.311 e. The Bertz CT molecular complexity index is 556. The van der Waals surface area contributed by atoms with Crippen LogP contribution in [-0.2, 0) is 9.59 Å². The number of aromatic nitrogens is 1. The summed E-state index contributed by atoms with van der Waals surface area (Å²) in [6.45, 7) is 0. The molecule has 0 aromatic carbocycles. The van der Waals surface area contributed by atoms with Crippen molar-refractivity contribution in [2.75, 3.05) is 10.6 Å². The molecule has 2 N–H and O–H groups in total. The summed E-state index contributed by atoms with van der Waals surface area (Å²) >= 11 is 0. The fourth-order valence-corrected chi connectivity index (χ4v) is 4.25. The van der Waals surface area contributed by atoms with E-state index in [4.69, 9.17) is 0 Å². The number of carbonyl (C=O) groups is 2. The smallest absolute Gasteiger partial charge is 0.225 e. The van der Waals surface area contributed by atoms with E-state index >= 15 is 0 Å². The molecule has 3 rings (SSSR count).